The topological polar surface area (TPSA) is 26.3 Å². The van der Waals surface area contributed by atoms with Gasteiger partial charge in [0.1, 0.15) is 6.10 Å². The lowest BCUT2D eigenvalue weighted by molar-refractivity contribution is -0.160. The van der Waals surface area contributed by atoms with Crippen molar-refractivity contribution in [2.24, 2.45) is 5.41 Å². The van der Waals surface area contributed by atoms with Crippen LogP contribution in [0.2, 0.25) is 0 Å². The maximum atomic E-state index is 12.3. The summed E-state index contributed by atoms with van der Waals surface area (Å²) in [6.45, 7) is 8.08. The summed E-state index contributed by atoms with van der Waals surface area (Å²) in [4.78, 5) is 12.3. The number of carbonyl (C=O) groups is 1. The molecule has 0 N–H and O–H groups in total. The largest absolute Gasteiger partial charge is 0.462 e. The van der Waals surface area contributed by atoms with Crippen LogP contribution >= 0.6 is 0 Å². The SMILES string of the molecule is CCC(CC)(CC)C(=O)OC(C)[CH]c1ccccc1. The third-order valence-corrected chi connectivity index (χ3v) is 3.98. The highest BCUT2D eigenvalue weighted by Crippen LogP contribution is 2.32. The molecule has 1 radical (unpaired) electrons. The molecule has 0 saturated heterocycles. The van der Waals surface area contributed by atoms with Crippen LogP contribution in [0.5, 0.6) is 0 Å². The van der Waals surface area contributed by atoms with Crippen LogP contribution in [0.25, 0.3) is 0 Å². The molecule has 1 aromatic rings. The molecule has 1 unspecified atom stereocenters. The molecule has 19 heavy (non-hydrogen) atoms. The van der Waals surface area contributed by atoms with Gasteiger partial charge >= 0.3 is 5.97 Å². The van der Waals surface area contributed by atoms with Gasteiger partial charge in [0.2, 0.25) is 0 Å². The predicted octanol–water partition coefficient (Wildman–Crippen LogP) is 4.39. The quantitative estimate of drug-likeness (QED) is 0.680. The van der Waals surface area contributed by atoms with Gasteiger partial charge in [-0.15, -0.1) is 0 Å². The van der Waals surface area contributed by atoms with Gasteiger partial charge in [-0.3, -0.25) is 4.79 Å². The van der Waals surface area contributed by atoms with Gasteiger partial charge in [-0.2, -0.15) is 0 Å². The lowest BCUT2D eigenvalue weighted by Gasteiger charge is -2.29. The van der Waals surface area contributed by atoms with Crippen LogP contribution in [0.15, 0.2) is 30.3 Å². The van der Waals surface area contributed by atoms with Crippen LogP contribution in [0.4, 0.5) is 0 Å². The first kappa shape index (κ1) is 15.7. The Labute approximate surface area is 117 Å². The van der Waals surface area contributed by atoms with E-state index in [-0.39, 0.29) is 17.5 Å². The van der Waals surface area contributed by atoms with E-state index in [4.69, 9.17) is 4.74 Å². The van der Waals surface area contributed by atoms with Gasteiger partial charge in [0.05, 0.1) is 5.41 Å². The third kappa shape index (κ3) is 4.09. The van der Waals surface area contributed by atoms with Crippen LogP contribution < -0.4 is 0 Å². The van der Waals surface area contributed by atoms with E-state index >= 15 is 0 Å². The van der Waals surface area contributed by atoms with Crippen molar-refractivity contribution in [1.82, 2.24) is 0 Å². The smallest absolute Gasteiger partial charge is 0.312 e. The Kier molecular flexibility index (Phi) is 6.07. The van der Waals surface area contributed by atoms with Crippen LogP contribution in [-0.2, 0) is 9.53 Å². The molecule has 0 spiro atoms. The fourth-order valence-corrected chi connectivity index (χ4v) is 2.35. The Bertz CT molecular complexity index is 371. The number of benzene rings is 1. The van der Waals surface area contributed by atoms with Gasteiger partial charge in [-0.25, -0.2) is 0 Å². The summed E-state index contributed by atoms with van der Waals surface area (Å²) in [7, 11) is 0. The maximum Gasteiger partial charge on any atom is 0.312 e. The molecule has 0 heterocycles. The summed E-state index contributed by atoms with van der Waals surface area (Å²) in [5.41, 5.74) is 0.761. The highest BCUT2D eigenvalue weighted by molar-refractivity contribution is 5.77. The minimum atomic E-state index is -0.321. The summed E-state index contributed by atoms with van der Waals surface area (Å²) < 4.78 is 5.60. The zero-order valence-corrected chi connectivity index (χ0v) is 12.5. The van der Waals surface area contributed by atoms with Gasteiger partial charge < -0.3 is 4.74 Å². The first-order valence-electron chi connectivity index (χ1n) is 7.19. The number of esters is 1. The van der Waals surface area contributed by atoms with Crippen LogP contribution in [0.3, 0.4) is 0 Å². The molecule has 0 bridgehead atoms. The Balaban J connectivity index is 2.61. The van der Waals surface area contributed by atoms with E-state index < -0.39 is 0 Å². The van der Waals surface area contributed by atoms with Gasteiger partial charge in [0.25, 0.3) is 0 Å². The van der Waals surface area contributed by atoms with Crippen LogP contribution in [0, 0.1) is 11.8 Å². The lowest BCUT2D eigenvalue weighted by Crippen LogP contribution is -2.33. The molecule has 0 aliphatic heterocycles. The number of ether oxygens (including phenoxy) is 1. The molecular formula is C17H25O2. The normalized spacial score (nSPS) is 13.1. The summed E-state index contributed by atoms with van der Waals surface area (Å²) in [5, 5.41) is 0. The number of carbonyl (C=O) groups excluding carboxylic acids is 1. The molecule has 1 atom stereocenters. The Morgan fingerprint density at radius 2 is 1.68 bits per heavy atom. The molecular weight excluding hydrogens is 236 g/mol. The van der Waals surface area contributed by atoms with Crippen molar-refractivity contribution in [2.75, 3.05) is 0 Å². The van der Waals surface area contributed by atoms with Crippen molar-refractivity contribution >= 4 is 5.97 Å². The molecule has 2 heteroatoms. The summed E-state index contributed by atoms with van der Waals surface area (Å²) in [6, 6.07) is 9.96. The Morgan fingerprint density at radius 1 is 1.16 bits per heavy atom. The Hall–Kier alpha value is -1.31. The second kappa shape index (κ2) is 7.32. The lowest BCUT2D eigenvalue weighted by atomic mass is 9.80. The van der Waals surface area contributed by atoms with Crippen molar-refractivity contribution in [2.45, 2.75) is 53.1 Å². The average Bonchev–Trinajstić information content (AvgIpc) is 2.42. The monoisotopic (exact) mass is 261 g/mol. The molecule has 2 nitrogen and oxygen atoms in total. The molecule has 0 aliphatic rings. The standard InChI is InChI=1S/C17H25O2/c1-5-17(6-2,7-3)16(18)19-14(4)13-15-11-9-8-10-12-15/h8-14H,5-7H2,1-4H3. The van der Waals surface area contributed by atoms with Crippen molar-refractivity contribution in [3.05, 3.63) is 42.3 Å². The summed E-state index contributed by atoms with van der Waals surface area (Å²) in [5.74, 6) is -0.0697. The van der Waals surface area contributed by atoms with E-state index in [1.54, 1.807) is 0 Å². The second-order valence-electron chi connectivity index (χ2n) is 5.03. The van der Waals surface area contributed by atoms with Gasteiger partial charge in [0, 0.05) is 6.42 Å². The van der Waals surface area contributed by atoms with E-state index in [1.807, 2.05) is 43.7 Å². The van der Waals surface area contributed by atoms with Gasteiger partial charge in [-0.05, 0) is 31.7 Å². The van der Waals surface area contributed by atoms with Gasteiger partial charge in [0.15, 0.2) is 0 Å². The number of hydrogen-bond acceptors (Lipinski definition) is 2. The number of hydrogen-bond donors (Lipinski definition) is 0. The molecule has 1 aromatic carbocycles. The fourth-order valence-electron chi connectivity index (χ4n) is 2.35. The third-order valence-electron chi connectivity index (χ3n) is 3.98. The van der Waals surface area contributed by atoms with E-state index in [0.717, 1.165) is 24.8 Å². The van der Waals surface area contributed by atoms with Crippen molar-refractivity contribution in [3.63, 3.8) is 0 Å². The maximum absolute atomic E-state index is 12.3. The molecule has 1 rings (SSSR count). The second-order valence-corrected chi connectivity index (χ2v) is 5.03. The molecule has 0 fully saturated rings. The molecule has 0 aromatic heterocycles. The van der Waals surface area contributed by atoms with E-state index in [1.165, 1.54) is 0 Å². The molecule has 105 valence electrons. The first-order chi connectivity index (χ1) is 9.07. The minimum Gasteiger partial charge on any atom is -0.462 e. The van der Waals surface area contributed by atoms with Crippen molar-refractivity contribution < 1.29 is 9.53 Å². The van der Waals surface area contributed by atoms with E-state index in [9.17, 15) is 4.79 Å². The highest BCUT2D eigenvalue weighted by Gasteiger charge is 2.35. The van der Waals surface area contributed by atoms with Crippen LogP contribution in [-0.4, -0.2) is 12.1 Å². The zero-order chi connectivity index (χ0) is 14.3. The first-order valence-corrected chi connectivity index (χ1v) is 7.19. The van der Waals surface area contributed by atoms with E-state index in [2.05, 4.69) is 20.8 Å². The van der Waals surface area contributed by atoms with Crippen molar-refractivity contribution in [3.8, 4) is 0 Å². The highest BCUT2D eigenvalue weighted by atomic mass is 16.5. The van der Waals surface area contributed by atoms with Crippen molar-refractivity contribution in [1.29, 1.82) is 0 Å². The van der Waals surface area contributed by atoms with Crippen LogP contribution in [0.1, 0.15) is 52.5 Å². The average molecular weight is 261 g/mol. The minimum absolute atomic E-state index is 0.0697. The zero-order valence-electron chi connectivity index (χ0n) is 12.5. The van der Waals surface area contributed by atoms with E-state index in [0.29, 0.717) is 0 Å². The summed E-state index contributed by atoms with van der Waals surface area (Å²) in [6.07, 6.45) is 4.27. The molecule has 0 saturated carbocycles. The predicted molar refractivity (Wildman–Crippen MR) is 78.7 cm³/mol. The van der Waals surface area contributed by atoms with Gasteiger partial charge in [-0.1, -0.05) is 51.1 Å². The number of rotatable bonds is 7. The fraction of sp³-hybridized carbons (Fsp3) is 0.529. The Morgan fingerprint density at radius 3 is 2.16 bits per heavy atom. The molecule has 0 aliphatic carbocycles. The molecule has 0 amide bonds. The summed E-state index contributed by atoms with van der Waals surface area (Å²) >= 11 is 0.